The normalized spacial score (nSPS) is 10.8. The largest absolute Gasteiger partial charge is 0.490 e. The molecule has 5 nitrogen and oxygen atoms in total. The van der Waals surface area contributed by atoms with Crippen LogP contribution in [0.5, 0.6) is 11.5 Å². The van der Waals surface area contributed by atoms with Crippen LogP contribution in [0, 0.1) is 0 Å². The van der Waals surface area contributed by atoms with E-state index in [0.717, 1.165) is 11.1 Å². The molecule has 1 amide bonds. The second-order valence-corrected chi connectivity index (χ2v) is 7.14. The molecule has 0 heterocycles. The number of benzene rings is 3. The van der Waals surface area contributed by atoms with E-state index < -0.39 is 0 Å². The van der Waals surface area contributed by atoms with Crippen molar-refractivity contribution >= 4 is 35.3 Å². The van der Waals surface area contributed by atoms with Gasteiger partial charge in [0.15, 0.2) is 11.5 Å². The van der Waals surface area contributed by atoms with Crippen LogP contribution in [-0.4, -0.2) is 18.7 Å². The third-order valence-corrected chi connectivity index (χ3v) is 4.53. The van der Waals surface area contributed by atoms with Gasteiger partial charge in [0.05, 0.1) is 12.8 Å². The number of nitrogens with zero attached hydrogens (tertiary/aromatic N) is 1. The summed E-state index contributed by atoms with van der Waals surface area (Å²) >= 11 is 11.8. The molecule has 0 atom stereocenters. The van der Waals surface area contributed by atoms with Crippen molar-refractivity contribution < 1.29 is 14.3 Å². The van der Waals surface area contributed by atoms with Crippen LogP contribution in [-0.2, 0) is 6.61 Å². The zero-order chi connectivity index (χ0) is 21.3. The summed E-state index contributed by atoms with van der Waals surface area (Å²) < 4.78 is 11.6. The second-order valence-electron chi connectivity index (χ2n) is 6.26. The number of ether oxygens (including phenoxy) is 2. The van der Waals surface area contributed by atoms with Crippen LogP contribution in [0.4, 0.5) is 0 Å². The molecule has 1 N–H and O–H groups in total. The van der Waals surface area contributed by atoms with Crippen molar-refractivity contribution in [2.45, 2.75) is 13.5 Å². The quantitative estimate of drug-likeness (QED) is 0.357. The molecule has 30 heavy (non-hydrogen) atoms. The Morgan fingerprint density at radius 3 is 2.50 bits per heavy atom. The van der Waals surface area contributed by atoms with Gasteiger partial charge in [0.25, 0.3) is 5.91 Å². The minimum atomic E-state index is -0.346. The highest BCUT2D eigenvalue weighted by atomic mass is 35.5. The van der Waals surface area contributed by atoms with Crippen molar-refractivity contribution in [1.29, 1.82) is 0 Å². The summed E-state index contributed by atoms with van der Waals surface area (Å²) in [6, 6.07) is 19.5. The monoisotopic (exact) mass is 442 g/mol. The Hall–Kier alpha value is -3.02. The standard InChI is InChI=1S/C23H20Cl2N2O3/c1-2-29-22-12-17(14-26-27-23(28)18-4-3-5-20(25)13-18)8-11-21(22)30-15-16-6-9-19(24)10-7-16/h3-14H,2,15H2,1H3,(H,27,28)/b26-14-. The van der Waals surface area contributed by atoms with Gasteiger partial charge in [-0.2, -0.15) is 5.10 Å². The van der Waals surface area contributed by atoms with Crippen LogP contribution in [0.3, 0.4) is 0 Å². The first-order valence-corrected chi connectivity index (χ1v) is 10.0. The van der Waals surface area contributed by atoms with E-state index in [4.69, 9.17) is 32.7 Å². The summed E-state index contributed by atoms with van der Waals surface area (Å²) in [6.45, 7) is 2.78. The van der Waals surface area contributed by atoms with Gasteiger partial charge in [-0.3, -0.25) is 4.79 Å². The molecule has 0 bridgehead atoms. The maximum atomic E-state index is 12.1. The number of rotatable bonds is 8. The van der Waals surface area contributed by atoms with E-state index in [0.29, 0.717) is 40.3 Å². The van der Waals surface area contributed by atoms with Crippen molar-refractivity contribution in [2.24, 2.45) is 5.10 Å². The zero-order valence-corrected chi connectivity index (χ0v) is 17.8. The molecule has 0 fully saturated rings. The molecule has 3 aromatic rings. The zero-order valence-electron chi connectivity index (χ0n) is 16.3. The summed E-state index contributed by atoms with van der Waals surface area (Å²) in [5, 5.41) is 5.17. The van der Waals surface area contributed by atoms with Crippen molar-refractivity contribution in [1.82, 2.24) is 5.43 Å². The molecule has 0 spiro atoms. The third kappa shape index (κ3) is 6.24. The predicted octanol–water partition coefficient (Wildman–Crippen LogP) is 5.74. The molecular formula is C23H20Cl2N2O3. The number of hydrogen-bond acceptors (Lipinski definition) is 4. The molecular weight excluding hydrogens is 423 g/mol. The third-order valence-electron chi connectivity index (χ3n) is 4.04. The van der Waals surface area contributed by atoms with Crippen LogP contribution in [0.25, 0.3) is 0 Å². The first kappa shape index (κ1) is 21.7. The van der Waals surface area contributed by atoms with Crippen LogP contribution >= 0.6 is 23.2 Å². The number of hydrogen-bond donors (Lipinski definition) is 1. The Bertz CT molecular complexity index is 1040. The molecule has 0 unspecified atom stereocenters. The van der Waals surface area contributed by atoms with Gasteiger partial charge in [0.1, 0.15) is 6.61 Å². The lowest BCUT2D eigenvalue weighted by Crippen LogP contribution is -2.17. The number of amides is 1. The summed E-state index contributed by atoms with van der Waals surface area (Å²) in [4.78, 5) is 12.1. The van der Waals surface area contributed by atoms with Gasteiger partial charge in [-0.15, -0.1) is 0 Å². The molecule has 0 saturated heterocycles. The molecule has 3 aromatic carbocycles. The van der Waals surface area contributed by atoms with Gasteiger partial charge in [-0.25, -0.2) is 5.43 Å². The molecule has 0 aliphatic carbocycles. The Morgan fingerprint density at radius 2 is 1.77 bits per heavy atom. The molecule has 7 heteroatoms. The molecule has 154 valence electrons. The van der Waals surface area contributed by atoms with Crippen LogP contribution in [0.2, 0.25) is 10.0 Å². The average Bonchev–Trinajstić information content (AvgIpc) is 2.74. The lowest BCUT2D eigenvalue weighted by atomic mass is 10.2. The molecule has 0 aromatic heterocycles. The molecule has 3 rings (SSSR count). The van der Waals surface area contributed by atoms with Crippen LogP contribution in [0.15, 0.2) is 71.8 Å². The maximum Gasteiger partial charge on any atom is 0.271 e. The van der Waals surface area contributed by atoms with Crippen molar-refractivity contribution in [3.8, 4) is 11.5 Å². The average molecular weight is 443 g/mol. The topological polar surface area (TPSA) is 59.9 Å². The number of hydrazone groups is 1. The number of carbonyl (C=O) groups is 1. The number of nitrogens with one attached hydrogen (secondary N) is 1. The van der Waals surface area contributed by atoms with Crippen molar-refractivity contribution in [3.63, 3.8) is 0 Å². The highest BCUT2D eigenvalue weighted by molar-refractivity contribution is 6.31. The van der Waals surface area contributed by atoms with Crippen molar-refractivity contribution in [2.75, 3.05) is 6.61 Å². The van der Waals surface area contributed by atoms with Gasteiger partial charge in [0, 0.05) is 15.6 Å². The van der Waals surface area contributed by atoms with Gasteiger partial charge in [0.2, 0.25) is 0 Å². The van der Waals surface area contributed by atoms with E-state index in [-0.39, 0.29) is 5.91 Å². The Balaban J connectivity index is 1.65. The van der Waals surface area contributed by atoms with Gasteiger partial charge in [-0.1, -0.05) is 41.4 Å². The summed E-state index contributed by atoms with van der Waals surface area (Å²) in [5.74, 6) is 0.866. The minimum absolute atomic E-state index is 0.346. The maximum absolute atomic E-state index is 12.1. The van der Waals surface area contributed by atoms with E-state index in [2.05, 4.69) is 10.5 Å². The molecule has 0 aliphatic heterocycles. The SMILES string of the molecule is CCOc1cc(/C=N\NC(=O)c2cccc(Cl)c2)ccc1OCc1ccc(Cl)cc1. The summed E-state index contributed by atoms with van der Waals surface area (Å²) in [7, 11) is 0. The number of halogens is 2. The Kier molecular flexibility index (Phi) is 7.71. The van der Waals surface area contributed by atoms with Gasteiger partial charge in [-0.05, 0) is 66.6 Å². The van der Waals surface area contributed by atoms with E-state index in [9.17, 15) is 4.79 Å². The highest BCUT2D eigenvalue weighted by Gasteiger charge is 2.07. The van der Waals surface area contributed by atoms with Crippen LogP contribution in [0.1, 0.15) is 28.4 Å². The lowest BCUT2D eigenvalue weighted by molar-refractivity contribution is 0.0955. The molecule has 0 radical (unpaired) electrons. The first-order chi connectivity index (χ1) is 14.5. The van der Waals surface area contributed by atoms with E-state index in [1.54, 1.807) is 36.4 Å². The predicted molar refractivity (Wildman–Crippen MR) is 120 cm³/mol. The smallest absolute Gasteiger partial charge is 0.271 e. The molecule has 0 saturated carbocycles. The second kappa shape index (κ2) is 10.7. The first-order valence-electron chi connectivity index (χ1n) is 9.28. The summed E-state index contributed by atoms with van der Waals surface area (Å²) in [5.41, 5.74) is 4.66. The fraction of sp³-hybridized carbons (Fsp3) is 0.130. The van der Waals surface area contributed by atoms with Gasteiger partial charge < -0.3 is 9.47 Å². The summed E-state index contributed by atoms with van der Waals surface area (Å²) in [6.07, 6.45) is 1.54. The Morgan fingerprint density at radius 1 is 0.967 bits per heavy atom. The fourth-order valence-corrected chi connectivity index (χ4v) is 2.91. The van der Waals surface area contributed by atoms with Gasteiger partial charge >= 0.3 is 0 Å². The number of carbonyl (C=O) groups excluding carboxylic acids is 1. The Labute approximate surface area is 185 Å². The minimum Gasteiger partial charge on any atom is -0.490 e. The fourth-order valence-electron chi connectivity index (χ4n) is 2.59. The molecule has 0 aliphatic rings. The van der Waals surface area contributed by atoms with E-state index in [1.165, 1.54) is 6.21 Å². The highest BCUT2D eigenvalue weighted by Crippen LogP contribution is 2.29. The lowest BCUT2D eigenvalue weighted by Gasteiger charge is -2.12. The van der Waals surface area contributed by atoms with Crippen molar-refractivity contribution in [3.05, 3.63) is 93.5 Å². The van der Waals surface area contributed by atoms with Crippen LogP contribution < -0.4 is 14.9 Å². The van der Waals surface area contributed by atoms with E-state index >= 15 is 0 Å². The van der Waals surface area contributed by atoms with E-state index in [1.807, 2.05) is 37.3 Å².